The third kappa shape index (κ3) is 4.61. The average Bonchev–Trinajstić information content (AvgIpc) is 2.41. The van der Waals surface area contributed by atoms with E-state index in [2.05, 4.69) is 5.32 Å². The average molecular weight is 332 g/mol. The van der Waals surface area contributed by atoms with Crippen molar-refractivity contribution in [3.8, 4) is 5.75 Å². The molecule has 0 saturated carbocycles. The van der Waals surface area contributed by atoms with Crippen LogP contribution in [0.5, 0.6) is 5.75 Å². The summed E-state index contributed by atoms with van der Waals surface area (Å²) in [5, 5.41) is 3.20. The van der Waals surface area contributed by atoms with Gasteiger partial charge in [-0.3, -0.25) is 4.79 Å². The van der Waals surface area contributed by atoms with E-state index < -0.39 is 9.84 Å². The standard InChI is InChI=1S/C14H18ClNO4S/c1-20-13-3-2-11(9-12(13)15)16-14(17)8-10-4-6-21(18,19)7-5-10/h2-3,9-10H,4-8H2,1H3,(H,16,17). The van der Waals surface area contributed by atoms with Crippen molar-refractivity contribution in [1.29, 1.82) is 0 Å². The number of rotatable bonds is 4. The molecule has 1 fully saturated rings. The summed E-state index contributed by atoms with van der Waals surface area (Å²) >= 11 is 5.99. The molecule has 7 heteroatoms. The Morgan fingerprint density at radius 2 is 2.05 bits per heavy atom. The number of hydrogen-bond acceptors (Lipinski definition) is 4. The number of anilines is 1. The molecule has 1 heterocycles. The number of carbonyl (C=O) groups excluding carboxylic acids is 1. The van der Waals surface area contributed by atoms with E-state index in [0.29, 0.717) is 35.7 Å². The number of methoxy groups -OCH3 is 1. The van der Waals surface area contributed by atoms with E-state index in [-0.39, 0.29) is 23.3 Å². The first-order valence-electron chi connectivity index (χ1n) is 6.73. The van der Waals surface area contributed by atoms with Crippen molar-refractivity contribution in [3.63, 3.8) is 0 Å². The van der Waals surface area contributed by atoms with Gasteiger partial charge in [0, 0.05) is 12.1 Å². The molecule has 1 aliphatic heterocycles. The predicted octanol–water partition coefficient (Wildman–Crippen LogP) is 2.50. The summed E-state index contributed by atoms with van der Waals surface area (Å²) in [4.78, 5) is 12.0. The maximum Gasteiger partial charge on any atom is 0.224 e. The fourth-order valence-corrected chi connectivity index (χ4v) is 4.21. The molecule has 0 aromatic heterocycles. The summed E-state index contributed by atoms with van der Waals surface area (Å²) in [6, 6.07) is 5.03. The molecule has 0 unspecified atom stereocenters. The van der Waals surface area contributed by atoms with Crippen molar-refractivity contribution in [1.82, 2.24) is 0 Å². The number of carbonyl (C=O) groups is 1. The lowest BCUT2D eigenvalue weighted by Gasteiger charge is -2.21. The van der Waals surface area contributed by atoms with Crippen molar-refractivity contribution in [2.45, 2.75) is 19.3 Å². The molecule has 1 amide bonds. The minimum atomic E-state index is -2.89. The Hall–Kier alpha value is -1.27. The first kappa shape index (κ1) is 16.1. The van der Waals surface area contributed by atoms with Crippen molar-refractivity contribution in [2.24, 2.45) is 5.92 Å². The Kier molecular flexibility index (Phi) is 5.11. The van der Waals surface area contributed by atoms with E-state index >= 15 is 0 Å². The van der Waals surface area contributed by atoms with Crippen molar-refractivity contribution in [2.75, 3.05) is 23.9 Å². The monoisotopic (exact) mass is 331 g/mol. The summed E-state index contributed by atoms with van der Waals surface area (Å²) in [6.45, 7) is 0. The zero-order chi connectivity index (χ0) is 15.5. The Morgan fingerprint density at radius 3 is 2.62 bits per heavy atom. The van der Waals surface area contributed by atoms with Crippen LogP contribution < -0.4 is 10.1 Å². The number of ether oxygens (including phenoxy) is 1. The van der Waals surface area contributed by atoms with Crippen LogP contribution in [0.2, 0.25) is 5.02 Å². The molecule has 0 atom stereocenters. The Bertz CT molecular complexity index is 616. The summed E-state index contributed by atoms with van der Waals surface area (Å²) < 4.78 is 27.7. The maximum atomic E-state index is 12.0. The van der Waals surface area contributed by atoms with Gasteiger partial charge in [0.2, 0.25) is 5.91 Å². The van der Waals surface area contributed by atoms with E-state index in [9.17, 15) is 13.2 Å². The summed E-state index contributed by atoms with van der Waals surface area (Å²) in [6.07, 6.45) is 1.44. The van der Waals surface area contributed by atoms with Crippen LogP contribution in [0.15, 0.2) is 18.2 Å². The first-order chi connectivity index (χ1) is 9.89. The van der Waals surface area contributed by atoms with Crippen molar-refractivity contribution in [3.05, 3.63) is 23.2 Å². The number of amides is 1. The van der Waals surface area contributed by atoms with E-state index in [4.69, 9.17) is 16.3 Å². The van der Waals surface area contributed by atoms with Crippen molar-refractivity contribution >= 4 is 33.0 Å². The van der Waals surface area contributed by atoms with Crippen molar-refractivity contribution < 1.29 is 17.9 Å². The second-order valence-electron chi connectivity index (χ2n) is 5.20. The molecule has 0 radical (unpaired) electrons. The second-order valence-corrected chi connectivity index (χ2v) is 7.91. The fourth-order valence-electron chi connectivity index (χ4n) is 2.36. The molecule has 5 nitrogen and oxygen atoms in total. The van der Waals surface area contributed by atoms with Gasteiger partial charge in [-0.2, -0.15) is 0 Å². The largest absolute Gasteiger partial charge is 0.495 e. The van der Waals surface area contributed by atoms with Crippen LogP contribution in [0.25, 0.3) is 0 Å². The molecule has 0 aliphatic carbocycles. The Balaban J connectivity index is 1.89. The van der Waals surface area contributed by atoms with E-state index in [1.807, 2.05) is 0 Å². The molecule has 1 saturated heterocycles. The SMILES string of the molecule is COc1ccc(NC(=O)CC2CCS(=O)(=O)CC2)cc1Cl. The lowest BCUT2D eigenvalue weighted by molar-refractivity contribution is -0.117. The highest BCUT2D eigenvalue weighted by Gasteiger charge is 2.25. The maximum absolute atomic E-state index is 12.0. The Morgan fingerprint density at radius 1 is 1.38 bits per heavy atom. The smallest absolute Gasteiger partial charge is 0.224 e. The highest BCUT2D eigenvalue weighted by molar-refractivity contribution is 7.91. The highest BCUT2D eigenvalue weighted by atomic mass is 35.5. The number of halogens is 1. The van der Waals surface area contributed by atoms with Gasteiger partial charge in [0.1, 0.15) is 15.6 Å². The van der Waals surface area contributed by atoms with Gasteiger partial charge in [-0.25, -0.2) is 8.42 Å². The molecular formula is C14H18ClNO4S. The zero-order valence-corrected chi connectivity index (χ0v) is 13.3. The molecule has 2 rings (SSSR count). The number of sulfone groups is 1. The molecule has 21 heavy (non-hydrogen) atoms. The summed E-state index contributed by atoms with van der Waals surface area (Å²) in [7, 11) is -1.36. The van der Waals surface area contributed by atoms with Gasteiger partial charge < -0.3 is 10.1 Å². The molecule has 0 bridgehead atoms. The van der Waals surface area contributed by atoms with Crippen LogP contribution in [-0.4, -0.2) is 32.9 Å². The van der Waals surface area contributed by atoms with Crippen LogP contribution >= 0.6 is 11.6 Å². The molecule has 1 aromatic carbocycles. The van der Waals surface area contributed by atoms with Gasteiger partial charge in [0.25, 0.3) is 0 Å². The lowest BCUT2D eigenvalue weighted by atomic mass is 9.98. The van der Waals surface area contributed by atoms with Gasteiger partial charge in [-0.1, -0.05) is 11.6 Å². The number of hydrogen-bond donors (Lipinski definition) is 1. The van der Waals surface area contributed by atoms with Crippen LogP contribution in [0.1, 0.15) is 19.3 Å². The van der Waals surface area contributed by atoms with Gasteiger partial charge >= 0.3 is 0 Å². The lowest BCUT2D eigenvalue weighted by Crippen LogP contribution is -2.26. The van der Waals surface area contributed by atoms with Gasteiger partial charge in [-0.05, 0) is 37.0 Å². The molecule has 0 spiro atoms. The molecular weight excluding hydrogens is 314 g/mol. The third-order valence-corrected chi connectivity index (χ3v) is 5.59. The molecule has 1 aliphatic rings. The molecule has 1 N–H and O–H groups in total. The minimum Gasteiger partial charge on any atom is -0.495 e. The fraction of sp³-hybridized carbons (Fsp3) is 0.500. The van der Waals surface area contributed by atoms with Crippen LogP contribution in [0.4, 0.5) is 5.69 Å². The van der Waals surface area contributed by atoms with Gasteiger partial charge in [0.05, 0.1) is 23.6 Å². The Labute approximate surface area is 129 Å². The summed E-state index contributed by atoms with van der Waals surface area (Å²) in [5.41, 5.74) is 0.606. The topological polar surface area (TPSA) is 72.5 Å². The number of nitrogens with one attached hydrogen (secondary N) is 1. The molecule has 116 valence electrons. The van der Waals surface area contributed by atoms with E-state index in [0.717, 1.165) is 0 Å². The minimum absolute atomic E-state index is 0.125. The van der Waals surface area contributed by atoms with E-state index in [1.165, 1.54) is 7.11 Å². The van der Waals surface area contributed by atoms with Gasteiger partial charge in [-0.15, -0.1) is 0 Å². The highest BCUT2D eigenvalue weighted by Crippen LogP contribution is 2.28. The zero-order valence-electron chi connectivity index (χ0n) is 11.8. The van der Waals surface area contributed by atoms with E-state index in [1.54, 1.807) is 18.2 Å². The summed E-state index contributed by atoms with van der Waals surface area (Å²) in [5.74, 6) is 0.911. The first-order valence-corrected chi connectivity index (χ1v) is 8.93. The van der Waals surface area contributed by atoms with Gasteiger partial charge in [0.15, 0.2) is 0 Å². The third-order valence-electron chi connectivity index (χ3n) is 3.58. The quantitative estimate of drug-likeness (QED) is 0.920. The van der Waals surface area contributed by atoms with Crippen LogP contribution in [-0.2, 0) is 14.6 Å². The van der Waals surface area contributed by atoms with Crippen LogP contribution in [0, 0.1) is 5.92 Å². The van der Waals surface area contributed by atoms with Crippen LogP contribution in [0.3, 0.4) is 0 Å². The predicted molar refractivity (Wildman–Crippen MR) is 82.6 cm³/mol. The molecule has 1 aromatic rings. The second kappa shape index (κ2) is 6.66. The normalized spacial score (nSPS) is 18.2. The number of benzene rings is 1.